The van der Waals surface area contributed by atoms with E-state index in [1.165, 1.54) is 0 Å². The van der Waals surface area contributed by atoms with Crippen LogP contribution in [0.3, 0.4) is 0 Å². The SMILES string of the molecule is Cc1c(Cl)cccc1Nc1c(-c2ccc(O)cc2)nc2cccc(C)n12. The van der Waals surface area contributed by atoms with Crippen LogP contribution in [0.15, 0.2) is 60.7 Å². The molecular weight excluding hydrogens is 346 g/mol. The van der Waals surface area contributed by atoms with E-state index >= 15 is 0 Å². The van der Waals surface area contributed by atoms with Crippen molar-refractivity contribution < 1.29 is 5.11 Å². The van der Waals surface area contributed by atoms with E-state index in [4.69, 9.17) is 16.6 Å². The predicted octanol–water partition coefficient (Wildman–Crippen LogP) is 5.72. The quantitative estimate of drug-likeness (QED) is 0.489. The molecule has 2 aromatic heterocycles. The summed E-state index contributed by atoms with van der Waals surface area (Å²) in [5.41, 5.74) is 5.58. The highest BCUT2D eigenvalue weighted by Gasteiger charge is 2.16. The van der Waals surface area contributed by atoms with Crippen LogP contribution in [-0.2, 0) is 0 Å². The molecule has 2 aromatic carbocycles. The van der Waals surface area contributed by atoms with Crippen molar-refractivity contribution in [1.29, 1.82) is 0 Å². The molecule has 0 atom stereocenters. The lowest BCUT2D eigenvalue weighted by atomic mass is 10.1. The van der Waals surface area contributed by atoms with E-state index in [1.807, 2.05) is 62.4 Å². The third-order valence-electron chi connectivity index (χ3n) is 4.50. The Bertz CT molecular complexity index is 1100. The number of pyridine rings is 1. The monoisotopic (exact) mass is 363 g/mol. The minimum Gasteiger partial charge on any atom is -0.508 e. The van der Waals surface area contributed by atoms with Crippen molar-refractivity contribution >= 4 is 28.8 Å². The van der Waals surface area contributed by atoms with Crippen LogP contribution >= 0.6 is 11.6 Å². The van der Waals surface area contributed by atoms with Crippen LogP contribution in [0.2, 0.25) is 5.02 Å². The standard InChI is InChI=1S/C21H18ClN3O/c1-13-5-3-8-19-24-20(15-9-11-16(26)12-10-15)21(25(13)19)23-18-7-4-6-17(22)14(18)2/h3-12,23,26H,1-2H3. The highest BCUT2D eigenvalue weighted by molar-refractivity contribution is 6.31. The molecule has 4 nitrogen and oxygen atoms in total. The van der Waals surface area contributed by atoms with Crippen LogP contribution in [0.4, 0.5) is 11.5 Å². The maximum atomic E-state index is 9.60. The Morgan fingerprint density at radius 3 is 2.46 bits per heavy atom. The number of aromatic hydroxyl groups is 1. The number of rotatable bonds is 3. The first kappa shape index (κ1) is 16.5. The smallest absolute Gasteiger partial charge is 0.143 e. The molecule has 0 bridgehead atoms. The Labute approximate surface area is 156 Å². The van der Waals surface area contributed by atoms with Crippen molar-refractivity contribution in [1.82, 2.24) is 9.38 Å². The van der Waals surface area contributed by atoms with Gasteiger partial charge in [-0.25, -0.2) is 4.98 Å². The molecule has 0 amide bonds. The lowest BCUT2D eigenvalue weighted by Gasteiger charge is -2.13. The molecule has 4 rings (SSSR count). The number of aryl methyl sites for hydroxylation is 1. The van der Waals surface area contributed by atoms with Gasteiger partial charge in [0.05, 0.1) is 0 Å². The number of anilines is 2. The van der Waals surface area contributed by atoms with Gasteiger partial charge in [-0.2, -0.15) is 0 Å². The molecular formula is C21H18ClN3O. The summed E-state index contributed by atoms with van der Waals surface area (Å²) >= 11 is 6.29. The summed E-state index contributed by atoms with van der Waals surface area (Å²) in [5, 5.41) is 13.8. The van der Waals surface area contributed by atoms with Gasteiger partial charge in [0.15, 0.2) is 0 Å². The second-order valence-corrected chi connectivity index (χ2v) is 6.66. The number of phenolic OH excluding ortho intramolecular Hbond substituents is 1. The van der Waals surface area contributed by atoms with Gasteiger partial charge in [-0.05, 0) is 67.9 Å². The Morgan fingerprint density at radius 2 is 1.69 bits per heavy atom. The van der Waals surface area contributed by atoms with Crippen molar-refractivity contribution in [3.05, 3.63) is 76.9 Å². The molecule has 0 fully saturated rings. The van der Waals surface area contributed by atoms with Crippen molar-refractivity contribution in [3.63, 3.8) is 0 Å². The predicted molar refractivity (Wildman–Crippen MR) is 107 cm³/mol. The first-order valence-corrected chi connectivity index (χ1v) is 8.72. The summed E-state index contributed by atoms with van der Waals surface area (Å²) in [6.07, 6.45) is 0. The van der Waals surface area contributed by atoms with Gasteiger partial charge < -0.3 is 10.4 Å². The van der Waals surface area contributed by atoms with Crippen molar-refractivity contribution in [3.8, 4) is 17.0 Å². The van der Waals surface area contributed by atoms with E-state index < -0.39 is 0 Å². The molecule has 2 N–H and O–H groups in total. The zero-order valence-electron chi connectivity index (χ0n) is 14.5. The molecule has 0 aliphatic rings. The van der Waals surface area contributed by atoms with Gasteiger partial charge in [-0.1, -0.05) is 23.7 Å². The number of benzene rings is 2. The van der Waals surface area contributed by atoms with Crippen LogP contribution in [0.5, 0.6) is 5.75 Å². The highest BCUT2D eigenvalue weighted by Crippen LogP contribution is 2.34. The molecule has 0 saturated carbocycles. The number of halogens is 1. The topological polar surface area (TPSA) is 49.6 Å². The third-order valence-corrected chi connectivity index (χ3v) is 4.91. The Hall–Kier alpha value is -2.98. The summed E-state index contributed by atoms with van der Waals surface area (Å²) in [6, 6.07) is 18.9. The Balaban J connectivity index is 1.95. The van der Waals surface area contributed by atoms with E-state index in [-0.39, 0.29) is 5.75 Å². The zero-order valence-corrected chi connectivity index (χ0v) is 15.2. The molecule has 5 heteroatoms. The molecule has 0 spiro atoms. The molecule has 26 heavy (non-hydrogen) atoms. The van der Waals surface area contributed by atoms with Crippen LogP contribution < -0.4 is 5.32 Å². The molecule has 0 aliphatic heterocycles. The van der Waals surface area contributed by atoms with E-state index in [0.717, 1.165) is 39.7 Å². The Morgan fingerprint density at radius 1 is 0.962 bits per heavy atom. The van der Waals surface area contributed by atoms with E-state index in [1.54, 1.807) is 12.1 Å². The number of fused-ring (bicyclic) bond motifs is 1. The summed E-state index contributed by atoms with van der Waals surface area (Å²) in [5.74, 6) is 1.10. The maximum Gasteiger partial charge on any atom is 0.143 e. The maximum absolute atomic E-state index is 9.60. The lowest BCUT2D eigenvalue weighted by Crippen LogP contribution is -2.01. The van der Waals surface area contributed by atoms with Crippen LogP contribution in [0.25, 0.3) is 16.9 Å². The number of nitrogens with zero attached hydrogens (tertiary/aromatic N) is 2. The lowest BCUT2D eigenvalue weighted by molar-refractivity contribution is 0.475. The van der Waals surface area contributed by atoms with Gasteiger partial charge >= 0.3 is 0 Å². The van der Waals surface area contributed by atoms with E-state index in [9.17, 15) is 5.11 Å². The summed E-state index contributed by atoms with van der Waals surface area (Å²) < 4.78 is 2.09. The number of hydrogen-bond acceptors (Lipinski definition) is 3. The van der Waals surface area contributed by atoms with Crippen LogP contribution in [0, 0.1) is 13.8 Å². The first-order valence-electron chi connectivity index (χ1n) is 8.34. The molecule has 4 aromatic rings. The van der Waals surface area contributed by atoms with Crippen LogP contribution in [-0.4, -0.2) is 14.5 Å². The van der Waals surface area contributed by atoms with Gasteiger partial charge in [0, 0.05) is 22.0 Å². The molecule has 0 aliphatic carbocycles. The second kappa shape index (κ2) is 6.39. The van der Waals surface area contributed by atoms with Gasteiger partial charge in [0.25, 0.3) is 0 Å². The molecule has 0 unspecified atom stereocenters. The van der Waals surface area contributed by atoms with Crippen LogP contribution in [0.1, 0.15) is 11.3 Å². The first-order chi connectivity index (χ1) is 12.5. The summed E-state index contributed by atoms with van der Waals surface area (Å²) in [6.45, 7) is 4.03. The van der Waals surface area contributed by atoms with Crippen molar-refractivity contribution in [2.45, 2.75) is 13.8 Å². The average Bonchev–Trinajstić information content (AvgIpc) is 2.99. The summed E-state index contributed by atoms with van der Waals surface area (Å²) in [7, 11) is 0. The fraction of sp³-hybridized carbons (Fsp3) is 0.0952. The zero-order chi connectivity index (χ0) is 18.3. The molecule has 0 radical (unpaired) electrons. The Kier molecular flexibility index (Phi) is 4.05. The normalized spacial score (nSPS) is 11.0. The summed E-state index contributed by atoms with van der Waals surface area (Å²) in [4.78, 5) is 4.81. The third kappa shape index (κ3) is 2.78. The van der Waals surface area contributed by atoms with E-state index in [2.05, 4.69) is 9.72 Å². The molecule has 0 saturated heterocycles. The minimum atomic E-state index is 0.230. The van der Waals surface area contributed by atoms with Gasteiger partial charge in [0.1, 0.15) is 22.9 Å². The largest absolute Gasteiger partial charge is 0.508 e. The highest BCUT2D eigenvalue weighted by atomic mass is 35.5. The van der Waals surface area contributed by atoms with E-state index in [0.29, 0.717) is 5.02 Å². The average molecular weight is 364 g/mol. The molecule has 2 heterocycles. The number of nitrogens with one attached hydrogen (secondary N) is 1. The number of hydrogen-bond donors (Lipinski definition) is 2. The van der Waals surface area contributed by atoms with Gasteiger partial charge in [-0.15, -0.1) is 0 Å². The van der Waals surface area contributed by atoms with Gasteiger partial charge in [0.2, 0.25) is 0 Å². The minimum absolute atomic E-state index is 0.230. The van der Waals surface area contributed by atoms with Crippen molar-refractivity contribution in [2.75, 3.05) is 5.32 Å². The van der Waals surface area contributed by atoms with Crippen molar-refractivity contribution in [2.24, 2.45) is 0 Å². The number of aromatic nitrogens is 2. The number of phenols is 1. The number of imidazole rings is 1. The van der Waals surface area contributed by atoms with Gasteiger partial charge in [-0.3, -0.25) is 4.40 Å². The fourth-order valence-electron chi connectivity index (χ4n) is 3.06. The molecule has 130 valence electrons. The fourth-order valence-corrected chi connectivity index (χ4v) is 3.24. The second-order valence-electron chi connectivity index (χ2n) is 6.25.